The first-order chi connectivity index (χ1) is 13.0. The monoisotopic (exact) mass is 386 g/mol. The van der Waals surface area contributed by atoms with Gasteiger partial charge in [-0.3, -0.25) is 9.59 Å². The van der Waals surface area contributed by atoms with E-state index in [-0.39, 0.29) is 6.42 Å². The van der Waals surface area contributed by atoms with Crippen molar-refractivity contribution in [2.24, 2.45) is 5.73 Å². The predicted molar refractivity (Wildman–Crippen MR) is 106 cm³/mol. The van der Waals surface area contributed by atoms with Crippen molar-refractivity contribution in [2.75, 3.05) is 6.54 Å². The molecule has 0 heterocycles. The van der Waals surface area contributed by atoms with Gasteiger partial charge in [0.2, 0.25) is 5.91 Å². The van der Waals surface area contributed by atoms with E-state index in [1.165, 1.54) is 51.4 Å². The number of hydrogen-bond acceptors (Lipinski definition) is 4. The highest BCUT2D eigenvalue weighted by Crippen LogP contribution is 2.13. The molecular formula is C20H38N2O5. The predicted octanol–water partition coefficient (Wildman–Crippen LogP) is 3.45. The zero-order valence-corrected chi connectivity index (χ0v) is 16.6. The Bertz CT molecular complexity index is 415. The van der Waals surface area contributed by atoms with E-state index < -0.39 is 30.3 Å². The third-order valence-corrected chi connectivity index (χ3v) is 4.62. The Morgan fingerprint density at radius 2 is 1.11 bits per heavy atom. The topological polar surface area (TPSA) is 130 Å². The molecule has 0 aliphatic heterocycles. The lowest BCUT2D eigenvalue weighted by Crippen LogP contribution is -2.42. The fourth-order valence-electron chi connectivity index (χ4n) is 3.02. The number of aliphatic carboxylic acids is 2. The second-order valence-electron chi connectivity index (χ2n) is 7.19. The fourth-order valence-corrected chi connectivity index (χ4v) is 3.02. The average Bonchev–Trinajstić information content (AvgIpc) is 2.61. The Morgan fingerprint density at radius 1 is 0.704 bits per heavy atom. The van der Waals surface area contributed by atoms with E-state index in [1.54, 1.807) is 0 Å². The molecule has 1 atom stereocenters. The first kappa shape index (κ1) is 25.4. The Hall–Kier alpha value is -1.63. The van der Waals surface area contributed by atoms with Crippen molar-refractivity contribution in [3.63, 3.8) is 0 Å². The zero-order valence-electron chi connectivity index (χ0n) is 16.6. The lowest BCUT2D eigenvalue weighted by Gasteiger charge is -2.12. The van der Waals surface area contributed by atoms with Crippen LogP contribution in [0.15, 0.2) is 0 Å². The number of nitrogens with two attached hydrogens (primary N) is 1. The van der Waals surface area contributed by atoms with Crippen molar-refractivity contribution in [2.45, 2.75) is 102 Å². The summed E-state index contributed by atoms with van der Waals surface area (Å²) < 4.78 is 0. The molecule has 1 amide bonds. The van der Waals surface area contributed by atoms with Crippen LogP contribution in [0.5, 0.6) is 0 Å². The minimum atomic E-state index is -1.35. The van der Waals surface area contributed by atoms with Crippen molar-refractivity contribution in [3.05, 3.63) is 0 Å². The highest BCUT2D eigenvalue weighted by molar-refractivity contribution is 5.86. The SMILES string of the molecule is NCCCCCCCCCCCCCCCC(=O)N[C@@H](CC(=O)O)C(=O)O. The molecule has 0 bridgehead atoms. The molecule has 0 aromatic rings. The maximum atomic E-state index is 11.7. The molecule has 0 aliphatic rings. The van der Waals surface area contributed by atoms with Crippen LogP contribution in [0, 0.1) is 0 Å². The second kappa shape index (κ2) is 17.8. The van der Waals surface area contributed by atoms with Crippen molar-refractivity contribution in [1.82, 2.24) is 5.32 Å². The summed E-state index contributed by atoms with van der Waals surface area (Å²) in [6.45, 7) is 0.804. The lowest BCUT2D eigenvalue weighted by molar-refractivity contribution is -0.147. The van der Waals surface area contributed by atoms with E-state index >= 15 is 0 Å². The molecule has 0 rings (SSSR count). The molecule has 158 valence electrons. The molecule has 0 unspecified atom stereocenters. The lowest BCUT2D eigenvalue weighted by atomic mass is 10.0. The molecule has 7 heteroatoms. The van der Waals surface area contributed by atoms with Gasteiger partial charge in [0.1, 0.15) is 6.04 Å². The summed E-state index contributed by atoms with van der Waals surface area (Å²) in [5, 5.41) is 19.8. The summed E-state index contributed by atoms with van der Waals surface area (Å²) >= 11 is 0. The summed E-state index contributed by atoms with van der Waals surface area (Å²) in [6, 6.07) is -1.35. The van der Waals surface area contributed by atoms with Crippen LogP contribution in [0.3, 0.4) is 0 Å². The molecule has 0 aromatic carbocycles. The third kappa shape index (κ3) is 17.5. The van der Waals surface area contributed by atoms with Crippen molar-refractivity contribution in [3.8, 4) is 0 Å². The van der Waals surface area contributed by atoms with Crippen LogP contribution < -0.4 is 11.1 Å². The first-order valence-corrected chi connectivity index (χ1v) is 10.4. The quantitative estimate of drug-likeness (QED) is 0.252. The Morgan fingerprint density at radius 3 is 1.48 bits per heavy atom. The standard InChI is InChI=1S/C20H38N2O5/c21-15-13-11-9-7-5-3-1-2-4-6-8-10-12-14-18(23)22-17(20(26)27)16-19(24)25/h17H,1-16,21H2,(H,22,23)(H,24,25)(H,26,27)/t17-/m0/s1. The van der Waals surface area contributed by atoms with Gasteiger partial charge in [-0.25, -0.2) is 4.79 Å². The van der Waals surface area contributed by atoms with Crippen LogP contribution in [0.1, 0.15) is 96.3 Å². The van der Waals surface area contributed by atoms with Gasteiger partial charge in [-0.15, -0.1) is 0 Å². The average molecular weight is 387 g/mol. The Labute approximate surface area is 163 Å². The molecule has 0 fully saturated rings. The zero-order chi connectivity index (χ0) is 20.3. The molecule has 7 nitrogen and oxygen atoms in total. The van der Waals surface area contributed by atoms with Gasteiger partial charge in [-0.2, -0.15) is 0 Å². The van der Waals surface area contributed by atoms with E-state index in [0.29, 0.717) is 6.42 Å². The van der Waals surface area contributed by atoms with Crippen LogP contribution >= 0.6 is 0 Å². The number of hydrogen-bond donors (Lipinski definition) is 4. The van der Waals surface area contributed by atoms with E-state index in [2.05, 4.69) is 5.32 Å². The van der Waals surface area contributed by atoms with Gasteiger partial charge in [0.25, 0.3) is 0 Å². The summed E-state index contributed by atoms with van der Waals surface area (Å²) in [5.41, 5.74) is 5.47. The number of unbranched alkanes of at least 4 members (excludes halogenated alkanes) is 12. The molecule has 0 radical (unpaired) electrons. The molecule has 5 N–H and O–H groups in total. The van der Waals surface area contributed by atoms with E-state index in [0.717, 1.165) is 32.2 Å². The smallest absolute Gasteiger partial charge is 0.326 e. The van der Waals surface area contributed by atoms with Gasteiger partial charge < -0.3 is 21.3 Å². The summed E-state index contributed by atoms with van der Waals surface area (Å²) in [5.74, 6) is -2.95. The van der Waals surface area contributed by atoms with Gasteiger partial charge in [0.15, 0.2) is 0 Å². The van der Waals surface area contributed by atoms with Gasteiger partial charge in [0.05, 0.1) is 6.42 Å². The number of rotatable bonds is 19. The van der Waals surface area contributed by atoms with Gasteiger partial charge in [0, 0.05) is 6.42 Å². The van der Waals surface area contributed by atoms with Crippen LogP contribution in [-0.4, -0.2) is 40.6 Å². The summed E-state index contributed by atoms with van der Waals surface area (Å²) in [4.78, 5) is 33.1. The number of carboxylic acid groups (broad SMARTS) is 2. The number of carbonyl (C=O) groups excluding carboxylic acids is 1. The Balaban J connectivity index is 3.44. The summed E-state index contributed by atoms with van der Waals surface area (Å²) in [6.07, 6.45) is 14.9. The largest absolute Gasteiger partial charge is 0.481 e. The fraction of sp³-hybridized carbons (Fsp3) is 0.850. The Kier molecular flexibility index (Phi) is 16.7. The van der Waals surface area contributed by atoms with Crippen molar-refractivity contribution < 1.29 is 24.6 Å². The molecular weight excluding hydrogens is 348 g/mol. The second-order valence-corrected chi connectivity index (χ2v) is 7.19. The molecule has 27 heavy (non-hydrogen) atoms. The van der Waals surface area contributed by atoms with E-state index in [1.807, 2.05) is 0 Å². The molecule has 0 spiro atoms. The van der Waals surface area contributed by atoms with Crippen LogP contribution in [0.4, 0.5) is 0 Å². The number of nitrogens with one attached hydrogen (secondary N) is 1. The van der Waals surface area contributed by atoms with E-state index in [9.17, 15) is 14.4 Å². The number of carbonyl (C=O) groups is 3. The van der Waals surface area contributed by atoms with Gasteiger partial charge in [-0.1, -0.05) is 70.6 Å². The minimum Gasteiger partial charge on any atom is -0.481 e. The minimum absolute atomic E-state index is 0.244. The van der Waals surface area contributed by atoms with Crippen molar-refractivity contribution in [1.29, 1.82) is 0 Å². The highest BCUT2D eigenvalue weighted by Gasteiger charge is 2.22. The maximum absolute atomic E-state index is 11.7. The molecule has 0 saturated carbocycles. The highest BCUT2D eigenvalue weighted by atomic mass is 16.4. The third-order valence-electron chi connectivity index (χ3n) is 4.62. The number of carboxylic acids is 2. The van der Waals surface area contributed by atoms with Crippen LogP contribution in [0.25, 0.3) is 0 Å². The molecule has 0 aromatic heterocycles. The van der Waals surface area contributed by atoms with Gasteiger partial charge in [-0.05, 0) is 19.4 Å². The van der Waals surface area contributed by atoms with Crippen LogP contribution in [-0.2, 0) is 14.4 Å². The molecule has 0 aliphatic carbocycles. The maximum Gasteiger partial charge on any atom is 0.326 e. The molecule has 0 saturated heterocycles. The summed E-state index contributed by atoms with van der Waals surface area (Å²) in [7, 11) is 0. The van der Waals surface area contributed by atoms with Crippen LogP contribution in [0.2, 0.25) is 0 Å². The first-order valence-electron chi connectivity index (χ1n) is 10.4. The van der Waals surface area contributed by atoms with Crippen molar-refractivity contribution >= 4 is 17.8 Å². The number of amides is 1. The van der Waals surface area contributed by atoms with Gasteiger partial charge >= 0.3 is 11.9 Å². The van der Waals surface area contributed by atoms with E-state index in [4.69, 9.17) is 15.9 Å². The normalized spacial score (nSPS) is 11.9.